The lowest BCUT2D eigenvalue weighted by molar-refractivity contribution is -0.0630. The molecule has 0 unspecified atom stereocenters. The van der Waals surface area contributed by atoms with Crippen LogP contribution in [-0.2, 0) is 6.42 Å². The first-order chi connectivity index (χ1) is 11.0. The zero-order valence-corrected chi connectivity index (χ0v) is 13.8. The molecule has 1 nitrogen and oxygen atoms in total. The van der Waals surface area contributed by atoms with Gasteiger partial charge in [0.1, 0.15) is 5.75 Å². The van der Waals surface area contributed by atoms with Crippen LogP contribution >= 0.6 is 0 Å². The fraction of sp³-hybridized carbons (Fsp3) is 0.500. The number of ether oxygens (including phenoxy) is 1. The molecule has 1 aliphatic rings. The van der Waals surface area contributed by atoms with E-state index < -0.39 is 11.8 Å². The van der Waals surface area contributed by atoms with Crippen molar-refractivity contribution in [3.05, 3.63) is 42.0 Å². The molecular weight excluding hydrogens is 294 g/mol. The van der Waals surface area contributed by atoms with E-state index in [2.05, 4.69) is 37.3 Å². The fourth-order valence-electron chi connectivity index (χ4n) is 3.45. The zero-order chi connectivity index (χ0) is 16.4. The molecule has 0 aromatic heterocycles. The van der Waals surface area contributed by atoms with Crippen molar-refractivity contribution in [1.29, 1.82) is 0 Å². The highest BCUT2D eigenvalue weighted by Crippen LogP contribution is 2.37. The van der Waals surface area contributed by atoms with Crippen molar-refractivity contribution in [3.8, 4) is 5.75 Å². The Hall–Kier alpha value is -1.64. The molecule has 23 heavy (non-hydrogen) atoms. The largest absolute Gasteiger partial charge is 0.490 e. The number of hydrogen-bond acceptors (Lipinski definition) is 1. The van der Waals surface area contributed by atoms with E-state index in [1.54, 1.807) is 0 Å². The molecule has 1 aliphatic carbocycles. The van der Waals surface area contributed by atoms with E-state index in [1.807, 2.05) is 6.07 Å². The average Bonchev–Trinajstić information content (AvgIpc) is 2.54. The molecule has 0 radical (unpaired) electrons. The van der Waals surface area contributed by atoms with Gasteiger partial charge in [0.15, 0.2) is 0 Å². The summed E-state index contributed by atoms with van der Waals surface area (Å²) in [5.41, 5.74) is 1.32. The summed E-state index contributed by atoms with van der Waals surface area (Å²) in [6.45, 7) is 3.18. The van der Waals surface area contributed by atoms with Gasteiger partial charge in [0.25, 0.3) is 0 Å². The standard InChI is InChI=1S/C20H24F2O/c1-3-14-4-5-16-13-19(9-6-15(16)12-14)23-18-10-7-17(8-11-18)20(2,21)22/h4-6,9,12-13,17-18H,3,7-8,10-11H2,1-2H3. The van der Waals surface area contributed by atoms with Crippen molar-refractivity contribution in [3.63, 3.8) is 0 Å². The quantitative estimate of drug-likeness (QED) is 0.672. The van der Waals surface area contributed by atoms with E-state index >= 15 is 0 Å². The van der Waals surface area contributed by atoms with Crippen molar-refractivity contribution in [2.45, 2.75) is 58.0 Å². The van der Waals surface area contributed by atoms with E-state index in [1.165, 1.54) is 10.9 Å². The van der Waals surface area contributed by atoms with Gasteiger partial charge in [0.2, 0.25) is 5.92 Å². The Bertz CT molecular complexity index is 667. The molecule has 0 atom stereocenters. The number of benzene rings is 2. The van der Waals surface area contributed by atoms with E-state index in [9.17, 15) is 8.78 Å². The minimum absolute atomic E-state index is 0.0564. The SMILES string of the molecule is CCc1ccc2cc(OC3CCC(C(C)(F)F)CC3)ccc2c1. The van der Waals surface area contributed by atoms with Crippen molar-refractivity contribution < 1.29 is 13.5 Å². The lowest BCUT2D eigenvalue weighted by Gasteiger charge is -2.32. The van der Waals surface area contributed by atoms with Gasteiger partial charge in [-0.1, -0.05) is 31.2 Å². The van der Waals surface area contributed by atoms with Crippen LogP contribution in [0.2, 0.25) is 0 Å². The molecule has 0 amide bonds. The predicted octanol–water partition coefficient (Wildman–Crippen LogP) is 6.00. The molecule has 0 spiro atoms. The molecule has 1 saturated carbocycles. The minimum Gasteiger partial charge on any atom is -0.490 e. The average molecular weight is 318 g/mol. The summed E-state index contributed by atoms with van der Waals surface area (Å²) in [5, 5.41) is 2.37. The molecule has 1 fully saturated rings. The summed E-state index contributed by atoms with van der Waals surface area (Å²) in [4.78, 5) is 0. The Kier molecular flexibility index (Phi) is 4.56. The molecule has 0 saturated heterocycles. The van der Waals surface area contributed by atoms with Crippen LogP contribution in [0.1, 0.15) is 45.1 Å². The summed E-state index contributed by atoms with van der Waals surface area (Å²) < 4.78 is 32.8. The van der Waals surface area contributed by atoms with Gasteiger partial charge >= 0.3 is 0 Å². The van der Waals surface area contributed by atoms with Gasteiger partial charge in [-0.25, -0.2) is 8.78 Å². The Morgan fingerprint density at radius 2 is 1.65 bits per heavy atom. The van der Waals surface area contributed by atoms with E-state index in [4.69, 9.17) is 4.74 Å². The topological polar surface area (TPSA) is 9.23 Å². The lowest BCUT2D eigenvalue weighted by Crippen LogP contribution is -2.32. The summed E-state index contributed by atoms with van der Waals surface area (Å²) in [5.74, 6) is -2.22. The molecule has 0 N–H and O–H groups in total. The first-order valence-corrected chi connectivity index (χ1v) is 8.53. The normalized spacial score (nSPS) is 22.3. The third-order valence-electron chi connectivity index (χ3n) is 4.98. The van der Waals surface area contributed by atoms with Crippen LogP contribution < -0.4 is 4.74 Å². The highest BCUT2D eigenvalue weighted by atomic mass is 19.3. The first-order valence-electron chi connectivity index (χ1n) is 8.53. The molecule has 124 valence electrons. The Morgan fingerprint density at radius 3 is 2.30 bits per heavy atom. The van der Waals surface area contributed by atoms with Crippen LogP contribution in [0.25, 0.3) is 10.8 Å². The molecule has 3 rings (SSSR count). The molecule has 0 heterocycles. The number of fused-ring (bicyclic) bond motifs is 1. The minimum atomic E-state index is -2.56. The fourth-order valence-corrected chi connectivity index (χ4v) is 3.45. The van der Waals surface area contributed by atoms with Crippen LogP contribution in [0.5, 0.6) is 5.75 Å². The third kappa shape index (κ3) is 3.82. The molecule has 0 aliphatic heterocycles. The highest BCUT2D eigenvalue weighted by Gasteiger charge is 2.37. The summed E-state index contributed by atoms with van der Waals surface area (Å²) in [6.07, 6.45) is 3.59. The molecule has 2 aromatic rings. The summed E-state index contributed by atoms with van der Waals surface area (Å²) in [7, 11) is 0. The highest BCUT2D eigenvalue weighted by molar-refractivity contribution is 5.84. The van der Waals surface area contributed by atoms with Gasteiger partial charge in [-0.3, -0.25) is 0 Å². The molecule has 0 bridgehead atoms. The van der Waals surface area contributed by atoms with Gasteiger partial charge < -0.3 is 4.74 Å². The summed E-state index contributed by atoms with van der Waals surface area (Å²) in [6, 6.07) is 12.6. The molecule has 2 aromatic carbocycles. The van der Waals surface area contributed by atoms with Crippen molar-refractivity contribution in [1.82, 2.24) is 0 Å². The maximum Gasteiger partial charge on any atom is 0.248 e. The number of alkyl halides is 2. The number of halogens is 2. The zero-order valence-electron chi connectivity index (χ0n) is 13.8. The molecular formula is C20H24F2O. The van der Waals surface area contributed by atoms with Gasteiger partial charge in [0, 0.05) is 5.92 Å². The monoisotopic (exact) mass is 318 g/mol. The van der Waals surface area contributed by atoms with Gasteiger partial charge in [-0.05, 0) is 67.5 Å². The first kappa shape index (κ1) is 16.2. The Morgan fingerprint density at radius 1 is 1.00 bits per heavy atom. The smallest absolute Gasteiger partial charge is 0.248 e. The van der Waals surface area contributed by atoms with Crippen LogP contribution in [0, 0.1) is 5.92 Å². The van der Waals surface area contributed by atoms with Crippen LogP contribution in [-0.4, -0.2) is 12.0 Å². The van der Waals surface area contributed by atoms with Crippen LogP contribution in [0.15, 0.2) is 36.4 Å². The van der Waals surface area contributed by atoms with Crippen molar-refractivity contribution in [2.75, 3.05) is 0 Å². The van der Waals surface area contributed by atoms with Gasteiger partial charge in [-0.15, -0.1) is 0 Å². The maximum atomic E-state index is 13.4. The van der Waals surface area contributed by atoms with Crippen molar-refractivity contribution >= 4 is 10.8 Å². The second kappa shape index (κ2) is 6.46. The number of rotatable bonds is 4. The Labute approximate surface area is 136 Å². The van der Waals surface area contributed by atoms with E-state index in [0.717, 1.165) is 24.5 Å². The maximum absolute atomic E-state index is 13.4. The second-order valence-corrected chi connectivity index (χ2v) is 6.74. The third-order valence-corrected chi connectivity index (χ3v) is 4.98. The van der Waals surface area contributed by atoms with Crippen LogP contribution in [0.4, 0.5) is 8.78 Å². The van der Waals surface area contributed by atoms with Gasteiger partial charge in [0.05, 0.1) is 6.10 Å². The van der Waals surface area contributed by atoms with Gasteiger partial charge in [-0.2, -0.15) is 0 Å². The van der Waals surface area contributed by atoms with Crippen molar-refractivity contribution in [2.24, 2.45) is 5.92 Å². The van der Waals surface area contributed by atoms with Crippen LogP contribution in [0.3, 0.4) is 0 Å². The molecule has 3 heteroatoms. The van der Waals surface area contributed by atoms with E-state index in [0.29, 0.717) is 25.7 Å². The Balaban J connectivity index is 1.66. The number of aryl methyl sites for hydroxylation is 1. The lowest BCUT2D eigenvalue weighted by atomic mass is 9.84. The predicted molar refractivity (Wildman–Crippen MR) is 90.3 cm³/mol. The van der Waals surface area contributed by atoms with E-state index in [-0.39, 0.29) is 6.10 Å². The summed E-state index contributed by atoms with van der Waals surface area (Å²) >= 11 is 0. The second-order valence-electron chi connectivity index (χ2n) is 6.74. The number of hydrogen-bond donors (Lipinski definition) is 0.